The minimum Gasteiger partial charge on any atom is -0.350 e. The van der Waals surface area contributed by atoms with Crippen molar-refractivity contribution < 1.29 is 9.59 Å². The molecule has 1 saturated carbocycles. The Hall–Kier alpha value is -2.70. The monoisotopic (exact) mass is 353 g/mol. The van der Waals surface area contributed by atoms with Crippen molar-refractivity contribution in [3.63, 3.8) is 0 Å². The number of rotatable bonds is 4. The number of aromatic nitrogens is 3. The summed E-state index contributed by atoms with van der Waals surface area (Å²) < 4.78 is 1.73. The first-order chi connectivity index (χ1) is 12.6. The first kappa shape index (κ1) is 16.8. The molecule has 2 aromatic heterocycles. The van der Waals surface area contributed by atoms with Gasteiger partial charge in [0.25, 0.3) is 5.91 Å². The molecule has 1 aliphatic carbocycles. The molecule has 1 unspecified atom stereocenters. The second kappa shape index (κ2) is 6.55. The Balaban J connectivity index is 1.46. The summed E-state index contributed by atoms with van der Waals surface area (Å²) in [4.78, 5) is 35.9. The van der Waals surface area contributed by atoms with Gasteiger partial charge in [0.15, 0.2) is 5.82 Å². The van der Waals surface area contributed by atoms with E-state index in [0.29, 0.717) is 25.5 Å². The normalized spacial score (nSPS) is 20.8. The van der Waals surface area contributed by atoms with E-state index in [1.54, 1.807) is 28.1 Å². The lowest BCUT2D eigenvalue weighted by Gasteiger charge is -2.41. The van der Waals surface area contributed by atoms with Crippen LogP contribution in [0.15, 0.2) is 36.8 Å². The second-order valence-electron chi connectivity index (χ2n) is 7.35. The lowest BCUT2D eigenvalue weighted by atomic mass is 9.62. The van der Waals surface area contributed by atoms with Gasteiger partial charge in [-0.15, -0.1) is 0 Å². The Morgan fingerprint density at radius 1 is 1.27 bits per heavy atom. The highest BCUT2D eigenvalue weighted by Crippen LogP contribution is 2.51. The maximum Gasteiger partial charge on any atom is 0.289 e. The molecule has 7 heteroatoms. The van der Waals surface area contributed by atoms with Gasteiger partial charge in [-0.3, -0.25) is 14.6 Å². The Kier molecular flexibility index (Phi) is 4.22. The summed E-state index contributed by atoms with van der Waals surface area (Å²) in [5.74, 6) is 0.187. The lowest BCUT2D eigenvalue weighted by molar-refractivity contribution is -0.129. The van der Waals surface area contributed by atoms with Crippen LogP contribution >= 0.6 is 0 Å². The Morgan fingerprint density at radius 2 is 2.12 bits per heavy atom. The van der Waals surface area contributed by atoms with Crippen molar-refractivity contribution >= 4 is 11.8 Å². The lowest BCUT2D eigenvalue weighted by Crippen LogP contribution is -2.45. The van der Waals surface area contributed by atoms with Crippen LogP contribution in [0, 0.1) is 11.3 Å². The first-order valence-electron chi connectivity index (χ1n) is 9.03. The molecule has 1 atom stereocenters. The van der Waals surface area contributed by atoms with Gasteiger partial charge in [-0.25, -0.2) is 4.98 Å². The average Bonchev–Trinajstić information content (AvgIpc) is 3.24. The topological polar surface area (TPSA) is 80.1 Å². The van der Waals surface area contributed by atoms with Gasteiger partial charge in [-0.05, 0) is 25.0 Å². The van der Waals surface area contributed by atoms with E-state index >= 15 is 0 Å². The maximum atomic E-state index is 12.9. The van der Waals surface area contributed by atoms with E-state index in [9.17, 15) is 9.59 Å². The van der Waals surface area contributed by atoms with E-state index in [1.165, 1.54) is 0 Å². The fraction of sp³-hybridized carbons (Fsp3) is 0.474. The van der Waals surface area contributed by atoms with Crippen molar-refractivity contribution in [3.8, 4) is 0 Å². The maximum absolute atomic E-state index is 12.9. The molecule has 7 nitrogen and oxygen atoms in total. The molecule has 3 heterocycles. The number of nitrogens with zero attached hydrogens (tertiary/aromatic N) is 4. The highest BCUT2D eigenvalue weighted by atomic mass is 16.2. The van der Waals surface area contributed by atoms with E-state index in [2.05, 4.69) is 15.3 Å². The summed E-state index contributed by atoms with van der Waals surface area (Å²) in [5, 5.41) is 3.01. The fourth-order valence-electron chi connectivity index (χ4n) is 4.14. The van der Waals surface area contributed by atoms with Crippen LogP contribution in [0.3, 0.4) is 0 Å². The molecular formula is C19H23N5O2. The van der Waals surface area contributed by atoms with Crippen molar-refractivity contribution in [2.75, 3.05) is 13.1 Å². The molecule has 0 bridgehead atoms. The number of carbonyl (C=O) groups excluding carboxylic acids is 2. The molecular weight excluding hydrogens is 330 g/mol. The third kappa shape index (κ3) is 2.87. The smallest absolute Gasteiger partial charge is 0.289 e. The Bertz CT molecular complexity index is 812. The van der Waals surface area contributed by atoms with Crippen molar-refractivity contribution in [2.24, 2.45) is 18.4 Å². The SMILES string of the molecule is Cn1ccnc1C(=O)N1CC(C(=O)NCc2ccccn2)C2(CCC2)C1. The van der Waals surface area contributed by atoms with Crippen molar-refractivity contribution in [1.29, 1.82) is 0 Å². The number of imidazole rings is 1. The standard InChI is InChI=1S/C19H23N5O2/c1-23-10-9-21-16(23)18(26)24-12-15(19(13-24)6-4-7-19)17(25)22-11-14-5-2-3-8-20-14/h2-3,5,8-10,15H,4,6-7,11-13H2,1H3,(H,22,25). The Labute approximate surface area is 152 Å². The number of pyridine rings is 1. The van der Waals surface area contributed by atoms with Gasteiger partial charge in [0.05, 0.1) is 18.2 Å². The number of amides is 2. The summed E-state index contributed by atoms with van der Waals surface area (Å²) in [6, 6.07) is 5.66. The van der Waals surface area contributed by atoms with Crippen LogP contribution in [0.25, 0.3) is 0 Å². The summed E-state index contributed by atoms with van der Waals surface area (Å²) in [5.41, 5.74) is 0.761. The van der Waals surface area contributed by atoms with Crippen LogP contribution < -0.4 is 5.32 Å². The number of carbonyl (C=O) groups is 2. The van der Waals surface area contributed by atoms with Crippen LogP contribution in [0.5, 0.6) is 0 Å². The quantitative estimate of drug-likeness (QED) is 0.900. The molecule has 0 radical (unpaired) electrons. The summed E-state index contributed by atoms with van der Waals surface area (Å²) in [6.45, 7) is 1.51. The van der Waals surface area contributed by atoms with Crippen LogP contribution in [-0.2, 0) is 18.4 Å². The Morgan fingerprint density at radius 3 is 2.73 bits per heavy atom. The number of hydrogen-bond acceptors (Lipinski definition) is 4. The molecule has 1 N–H and O–H groups in total. The summed E-state index contributed by atoms with van der Waals surface area (Å²) >= 11 is 0. The van der Waals surface area contributed by atoms with Gasteiger partial charge in [0, 0.05) is 44.1 Å². The number of aryl methyl sites for hydroxylation is 1. The predicted molar refractivity (Wildman–Crippen MR) is 95.0 cm³/mol. The van der Waals surface area contributed by atoms with Crippen LogP contribution in [0.2, 0.25) is 0 Å². The van der Waals surface area contributed by atoms with E-state index in [1.807, 2.05) is 25.2 Å². The van der Waals surface area contributed by atoms with Crippen LogP contribution in [0.4, 0.5) is 0 Å². The third-order valence-corrected chi connectivity index (χ3v) is 5.78. The minimum absolute atomic E-state index is 0.0190. The zero-order valence-electron chi connectivity index (χ0n) is 14.9. The number of hydrogen-bond donors (Lipinski definition) is 1. The summed E-state index contributed by atoms with van der Waals surface area (Å²) in [7, 11) is 1.81. The second-order valence-corrected chi connectivity index (χ2v) is 7.35. The molecule has 1 spiro atoms. The van der Waals surface area contributed by atoms with Crippen LogP contribution in [0.1, 0.15) is 35.6 Å². The minimum atomic E-state index is -0.163. The largest absolute Gasteiger partial charge is 0.350 e. The van der Waals surface area contributed by atoms with E-state index in [0.717, 1.165) is 25.0 Å². The van der Waals surface area contributed by atoms with E-state index in [4.69, 9.17) is 0 Å². The highest BCUT2D eigenvalue weighted by molar-refractivity contribution is 5.92. The average molecular weight is 353 g/mol. The fourth-order valence-corrected chi connectivity index (χ4v) is 4.14. The van der Waals surface area contributed by atoms with E-state index in [-0.39, 0.29) is 23.1 Å². The summed E-state index contributed by atoms with van der Waals surface area (Å²) in [6.07, 6.45) is 8.23. The van der Waals surface area contributed by atoms with Crippen LogP contribution in [-0.4, -0.2) is 44.3 Å². The van der Waals surface area contributed by atoms with Crippen molar-refractivity contribution in [2.45, 2.75) is 25.8 Å². The van der Waals surface area contributed by atoms with Gasteiger partial charge >= 0.3 is 0 Å². The van der Waals surface area contributed by atoms with Gasteiger partial charge < -0.3 is 14.8 Å². The zero-order chi connectivity index (χ0) is 18.1. The van der Waals surface area contributed by atoms with Gasteiger partial charge in [-0.1, -0.05) is 12.5 Å². The zero-order valence-corrected chi connectivity index (χ0v) is 14.9. The predicted octanol–water partition coefficient (Wildman–Crippen LogP) is 1.37. The molecule has 2 aromatic rings. The highest BCUT2D eigenvalue weighted by Gasteiger charge is 2.54. The molecule has 2 amide bonds. The van der Waals surface area contributed by atoms with Crippen molar-refractivity contribution in [3.05, 3.63) is 48.3 Å². The molecule has 0 aromatic carbocycles. The van der Waals surface area contributed by atoms with Gasteiger partial charge in [-0.2, -0.15) is 0 Å². The molecule has 26 heavy (non-hydrogen) atoms. The molecule has 136 valence electrons. The molecule has 4 rings (SSSR count). The van der Waals surface area contributed by atoms with Gasteiger partial charge in [0.1, 0.15) is 0 Å². The number of likely N-dealkylation sites (tertiary alicyclic amines) is 1. The van der Waals surface area contributed by atoms with E-state index < -0.39 is 0 Å². The molecule has 1 saturated heterocycles. The molecule has 1 aliphatic heterocycles. The molecule has 2 fully saturated rings. The number of nitrogens with one attached hydrogen (secondary N) is 1. The first-order valence-corrected chi connectivity index (χ1v) is 9.03. The van der Waals surface area contributed by atoms with Gasteiger partial charge in [0.2, 0.25) is 5.91 Å². The van der Waals surface area contributed by atoms with Crippen molar-refractivity contribution in [1.82, 2.24) is 24.8 Å². The molecule has 2 aliphatic rings. The third-order valence-electron chi connectivity index (χ3n) is 5.78.